The lowest BCUT2D eigenvalue weighted by atomic mass is 9.82. The van der Waals surface area contributed by atoms with Crippen molar-refractivity contribution < 1.29 is 0 Å². The van der Waals surface area contributed by atoms with E-state index in [1.165, 1.54) is 56.9 Å². The minimum atomic E-state index is 0.762. The fraction of sp³-hybridized carbons (Fsp3) is 0.786. The summed E-state index contributed by atoms with van der Waals surface area (Å²) in [4.78, 5) is 0. The van der Waals surface area contributed by atoms with Gasteiger partial charge in [-0.3, -0.25) is 0 Å². The van der Waals surface area contributed by atoms with Crippen molar-refractivity contribution in [3.63, 3.8) is 0 Å². The fourth-order valence-electron chi connectivity index (χ4n) is 3.51. The number of benzene rings is 1. The summed E-state index contributed by atoms with van der Waals surface area (Å²) in [5, 5.41) is 0. The van der Waals surface area contributed by atoms with Gasteiger partial charge in [-0.05, 0) is 73.3 Å². The van der Waals surface area contributed by atoms with Gasteiger partial charge >= 0.3 is 0 Å². The summed E-state index contributed by atoms with van der Waals surface area (Å²) in [5.41, 5.74) is 7.92. The molecule has 0 unspecified atom stereocenters. The van der Waals surface area contributed by atoms with Crippen LogP contribution in [-0.4, -0.2) is 0 Å². The molecule has 0 fully saturated rings. The van der Waals surface area contributed by atoms with E-state index < -0.39 is 0 Å². The van der Waals surface area contributed by atoms with Gasteiger partial charge in [0, 0.05) is 0 Å². The van der Waals surface area contributed by atoms with Gasteiger partial charge in [0.1, 0.15) is 0 Å². The van der Waals surface area contributed by atoms with Crippen molar-refractivity contribution in [2.75, 3.05) is 0 Å². The largest absolute Gasteiger partial charge is 0.0656 e. The number of rotatable bonds is 7. The first-order chi connectivity index (χ1) is 13.3. The van der Waals surface area contributed by atoms with Crippen molar-refractivity contribution in [2.45, 2.75) is 147 Å². The lowest BCUT2D eigenvalue weighted by Crippen LogP contribution is -2.07. The lowest BCUT2D eigenvalue weighted by Gasteiger charge is -2.23. The summed E-state index contributed by atoms with van der Waals surface area (Å²) in [6.45, 7) is 26.6. The molecule has 0 amide bonds. The van der Waals surface area contributed by atoms with Crippen molar-refractivity contribution in [1.29, 1.82) is 0 Å². The Morgan fingerprint density at radius 3 is 1.43 bits per heavy atom. The predicted octanol–water partition coefficient (Wildman–Crippen LogP) is 10.4. The molecular formula is C28H56. The highest BCUT2D eigenvalue weighted by Crippen LogP contribution is 2.33. The molecule has 168 valence electrons. The second kappa shape index (κ2) is 22.5. The maximum atomic E-state index is 2.49. The zero-order valence-electron chi connectivity index (χ0n) is 22.0. The first-order valence-corrected chi connectivity index (χ1v) is 12.5. The molecule has 1 aromatic carbocycles. The van der Waals surface area contributed by atoms with Crippen LogP contribution in [0, 0.1) is 13.8 Å². The van der Waals surface area contributed by atoms with Crippen molar-refractivity contribution in [2.24, 2.45) is 0 Å². The Morgan fingerprint density at radius 1 is 0.679 bits per heavy atom. The minimum Gasteiger partial charge on any atom is -0.0656 e. The van der Waals surface area contributed by atoms with Crippen molar-refractivity contribution in [3.05, 3.63) is 33.9 Å². The Balaban J connectivity index is -0.000000588. The molecule has 0 aliphatic rings. The Bertz CT molecular complexity index is 437. The van der Waals surface area contributed by atoms with Crippen LogP contribution in [0.1, 0.15) is 148 Å². The van der Waals surface area contributed by atoms with E-state index in [2.05, 4.69) is 89.2 Å². The third-order valence-corrected chi connectivity index (χ3v) is 4.65. The average molecular weight is 393 g/mol. The number of aryl methyl sites for hydroxylation is 1. The maximum absolute atomic E-state index is 2.49. The summed E-state index contributed by atoms with van der Waals surface area (Å²) in [6, 6.07) is 2.49. The van der Waals surface area contributed by atoms with Crippen molar-refractivity contribution in [1.82, 2.24) is 0 Å². The van der Waals surface area contributed by atoms with Crippen LogP contribution in [0.2, 0.25) is 0 Å². The Kier molecular flexibility index (Phi) is 25.6. The molecule has 0 N–H and O–H groups in total. The van der Waals surface area contributed by atoms with Gasteiger partial charge in [-0.25, -0.2) is 0 Å². The molecule has 0 aliphatic heterocycles. The second-order valence-electron chi connectivity index (χ2n) is 7.94. The molecule has 0 saturated carbocycles. The van der Waals surface area contributed by atoms with Gasteiger partial charge in [0.2, 0.25) is 0 Å². The van der Waals surface area contributed by atoms with Gasteiger partial charge in [-0.1, -0.05) is 107 Å². The van der Waals surface area contributed by atoms with Crippen LogP contribution in [0.3, 0.4) is 0 Å². The molecule has 1 atom stereocenters. The molecule has 1 aromatic rings. The molecule has 1 rings (SSSR count). The zero-order valence-corrected chi connectivity index (χ0v) is 22.0. The first kappa shape index (κ1) is 31.9. The smallest absolute Gasteiger partial charge is 0.0162 e. The van der Waals surface area contributed by atoms with Gasteiger partial charge in [-0.15, -0.1) is 0 Å². The molecule has 0 saturated heterocycles. The molecule has 0 aliphatic carbocycles. The SMILES string of the molecule is CCC.CCC.CCC.CCCC[C@H](CC)c1cc(C)c(CC)c(C)c1CC. The summed E-state index contributed by atoms with van der Waals surface area (Å²) in [7, 11) is 0. The fourth-order valence-corrected chi connectivity index (χ4v) is 3.51. The molecule has 0 heteroatoms. The Hall–Kier alpha value is -0.780. The topological polar surface area (TPSA) is 0 Å². The molecule has 0 radical (unpaired) electrons. The van der Waals surface area contributed by atoms with Gasteiger partial charge in [-0.2, -0.15) is 0 Å². The van der Waals surface area contributed by atoms with E-state index in [-0.39, 0.29) is 0 Å². The van der Waals surface area contributed by atoms with E-state index in [0.29, 0.717) is 0 Å². The van der Waals surface area contributed by atoms with Gasteiger partial charge in [0.15, 0.2) is 0 Å². The quantitative estimate of drug-likeness (QED) is 0.433. The standard InChI is InChI=1S/C19H32.3C3H8/c1-7-11-12-16(8-2)19-13-14(5)17(9-3)15(6)18(19)10-4;3*1-3-2/h13,16H,7-12H2,1-6H3;3*3H2,1-2H3/t16-;;;/m0.../s1. The van der Waals surface area contributed by atoms with E-state index in [1.54, 1.807) is 22.3 Å². The Morgan fingerprint density at radius 2 is 1.11 bits per heavy atom. The second-order valence-corrected chi connectivity index (χ2v) is 7.94. The molecule has 0 spiro atoms. The Labute approximate surface area is 180 Å². The summed E-state index contributed by atoms with van der Waals surface area (Å²) in [5.74, 6) is 0.762. The predicted molar refractivity (Wildman–Crippen MR) is 135 cm³/mol. The third-order valence-electron chi connectivity index (χ3n) is 4.65. The zero-order chi connectivity index (χ0) is 22.5. The van der Waals surface area contributed by atoms with Crippen molar-refractivity contribution in [3.8, 4) is 0 Å². The summed E-state index contributed by atoms with van der Waals surface area (Å²) in [6.07, 6.45) is 11.4. The highest BCUT2D eigenvalue weighted by atomic mass is 14.2. The highest BCUT2D eigenvalue weighted by molar-refractivity contribution is 5.46. The number of hydrogen-bond acceptors (Lipinski definition) is 0. The normalized spacial score (nSPS) is 10.6. The molecular weight excluding hydrogens is 336 g/mol. The third kappa shape index (κ3) is 13.4. The molecule has 0 heterocycles. The molecule has 0 bridgehead atoms. The van der Waals surface area contributed by atoms with Crippen LogP contribution in [-0.2, 0) is 12.8 Å². The number of hydrogen-bond donors (Lipinski definition) is 0. The van der Waals surface area contributed by atoms with Crippen LogP contribution in [0.15, 0.2) is 6.07 Å². The molecule has 0 aromatic heterocycles. The summed E-state index contributed by atoms with van der Waals surface area (Å²) >= 11 is 0. The van der Waals surface area contributed by atoms with Crippen LogP contribution in [0.5, 0.6) is 0 Å². The van der Waals surface area contributed by atoms with E-state index in [1.807, 2.05) is 0 Å². The van der Waals surface area contributed by atoms with Crippen molar-refractivity contribution >= 4 is 0 Å². The van der Waals surface area contributed by atoms with Crippen LogP contribution in [0.4, 0.5) is 0 Å². The van der Waals surface area contributed by atoms with Gasteiger partial charge < -0.3 is 0 Å². The number of unbranched alkanes of at least 4 members (excludes halogenated alkanes) is 1. The summed E-state index contributed by atoms with van der Waals surface area (Å²) < 4.78 is 0. The average Bonchev–Trinajstić information content (AvgIpc) is 2.64. The van der Waals surface area contributed by atoms with E-state index >= 15 is 0 Å². The lowest BCUT2D eigenvalue weighted by molar-refractivity contribution is 0.565. The van der Waals surface area contributed by atoms with E-state index in [4.69, 9.17) is 0 Å². The van der Waals surface area contributed by atoms with Crippen LogP contribution in [0.25, 0.3) is 0 Å². The van der Waals surface area contributed by atoms with Crippen LogP contribution >= 0.6 is 0 Å². The van der Waals surface area contributed by atoms with Gasteiger partial charge in [0.25, 0.3) is 0 Å². The molecule has 28 heavy (non-hydrogen) atoms. The van der Waals surface area contributed by atoms with Crippen LogP contribution < -0.4 is 0 Å². The molecule has 0 nitrogen and oxygen atoms in total. The van der Waals surface area contributed by atoms with Gasteiger partial charge in [0.05, 0.1) is 0 Å². The first-order valence-electron chi connectivity index (χ1n) is 12.5. The van der Waals surface area contributed by atoms with E-state index in [9.17, 15) is 0 Å². The highest BCUT2D eigenvalue weighted by Gasteiger charge is 2.17. The minimum absolute atomic E-state index is 0.762. The monoisotopic (exact) mass is 392 g/mol. The van der Waals surface area contributed by atoms with E-state index in [0.717, 1.165) is 12.3 Å². The maximum Gasteiger partial charge on any atom is -0.0162 e.